The van der Waals surface area contributed by atoms with Gasteiger partial charge in [0.2, 0.25) is 0 Å². The fourth-order valence-corrected chi connectivity index (χ4v) is 4.36. The molecule has 122 valence electrons. The molecule has 0 aliphatic carbocycles. The highest BCUT2D eigenvalue weighted by Crippen LogP contribution is 2.26. The molecule has 1 amide bonds. The molecular weight excluding hydrogens is 338 g/mol. The molecule has 3 heterocycles. The van der Waals surface area contributed by atoms with Crippen molar-refractivity contribution < 1.29 is 4.79 Å². The van der Waals surface area contributed by atoms with Crippen molar-refractivity contribution in [2.24, 2.45) is 0 Å². The topological polar surface area (TPSA) is 38.1 Å². The summed E-state index contributed by atoms with van der Waals surface area (Å²) in [4.78, 5) is 16.0. The number of hydrogen-bond acceptors (Lipinski definition) is 4. The van der Waals surface area contributed by atoms with Crippen LogP contribution in [0.5, 0.6) is 0 Å². The van der Waals surface area contributed by atoms with E-state index in [1.165, 1.54) is 0 Å². The van der Waals surface area contributed by atoms with E-state index in [-0.39, 0.29) is 5.91 Å². The van der Waals surface area contributed by atoms with Crippen LogP contribution in [0, 0.1) is 0 Å². The fraction of sp³-hybridized carbons (Fsp3) is 0.222. The first kappa shape index (κ1) is 15.5. The molecule has 1 aromatic carbocycles. The van der Waals surface area contributed by atoms with E-state index in [0.29, 0.717) is 5.69 Å². The van der Waals surface area contributed by atoms with Crippen molar-refractivity contribution in [2.45, 2.75) is 0 Å². The van der Waals surface area contributed by atoms with Gasteiger partial charge in [0.05, 0.1) is 10.6 Å². The zero-order chi connectivity index (χ0) is 16.4. The van der Waals surface area contributed by atoms with Crippen LogP contribution in [-0.2, 0) is 0 Å². The van der Waals surface area contributed by atoms with Gasteiger partial charge in [0.1, 0.15) is 11.4 Å². The molecule has 0 unspecified atom stereocenters. The molecule has 6 heteroatoms. The van der Waals surface area contributed by atoms with Gasteiger partial charge < -0.3 is 4.90 Å². The lowest BCUT2D eigenvalue weighted by Crippen LogP contribution is -2.38. The van der Waals surface area contributed by atoms with Crippen molar-refractivity contribution >= 4 is 29.0 Å². The highest BCUT2D eigenvalue weighted by atomic mass is 32.2. The molecule has 3 aromatic rings. The Balaban J connectivity index is 1.77. The van der Waals surface area contributed by atoms with Crippen molar-refractivity contribution in [2.75, 3.05) is 24.6 Å². The molecule has 0 bridgehead atoms. The van der Waals surface area contributed by atoms with E-state index in [1.807, 2.05) is 70.6 Å². The maximum Gasteiger partial charge on any atom is 0.272 e. The van der Waals surface area contributed by atoms with Gasteiger partial charge in [0, 0.05) is 24.6 Å². The van der Waals surface area contributed by atoms with Crippen molar-refractivity contribution in [3.05, 3.63) is 59.6 Å². The van der Waals surface area contributed by atoms with E-state index in [4.69, 9.17) is 5.10 Å². The minimum absolute atomic E-state index is 0.0643. The zero-order valence-electron chi connectivity index (χ0n) is 13.1. The fourth-order valence-electron chi connectivity index (χ4n) is 2.77. The van der Waals surface area contributed by atoms with Gasteiger partial charge in [0.25, 0.3) is 5.91 Å². The second kappa shape index (κ2) is 6.83. The number of para-hydroxylation sites is 1. The first-order valence-electron chi connectivity index (χ1n) is 7.89. The minimum atomic E-state index is 0.0643. The van der Waals surface area contributed by atoms with Gasteiger partial charge in [-0.2, -0.15) is 16.9 Å². The van der Waals surface area contributed by atoms with Crippen LogP contribution >= 0.6 is 23.1 Å². The quantitative estimate of drug-likeness (QED) is 0.717. The molecular formula is C18H17N3OS2. The van der Waals surface area contributed by atoms with Gasteiger partial charge in [-0.3, -0.25) is 4.79 Å². The zero-order valence-corrected chi connectivity index (χ0v) is 14.7. The number of thioether (sulfide) groups is 1. The maximum absolute atomic E-state index is 13.0. The van der Waals surface area contributed by atoms with Gasteiger partial charge in [-0.1, -0.05) is 24.3 Å². The molecule has 4 nitrogen and oxygen atoms in total. The summed E-state index contributed by atoms with van der Waals surface area (Å²) in [6.45, 7) is 1.61. The van der Waals surface area contributed by atoms with E-state index in [2.05, 4.69) is 0 Å². The third-order valence-electron chi connectivity index (χ3n) is 4.00. The Bertz CT molecular complexity index is 821. The van der Waals surface area contributed by atoms with Crippen LogP contribution in [0.15, 0.2) is 53.9 Å². The Hall–Kier alpha value is -2.05. The number of carbonyl (C=O) groups is 1. The highest BCUT2D eigenvalue weighted by molar-refractivity contribution is 7.99. The van der Waals surface area contributed by atoms with Gasteiger partial charge in [0.15, 0.2) is 0 Å². The van der Waals surface area contributed by atoms with Crippen LogP contribution in [0.4, 0.5) is 0 Å². The molecule has 1 aliphatic rings. The van der Waals surface area contributed by atoms with E-state index in [9.17, 15) is 4.79 Å². The van der Waals surface area contributed by atoms with E-state index in [1.54, 1.807) is 16.0 Å². The smallest absolute Gasteiger partial charge is 0.272 e. The van der Waals surface area contributed by atoms with Crippen molar-refractivity contribution in [3.8, 4) is 16.3 Å². The summed E-state index contributed by atoms with van der Waals surface area (Å²) in [5, 5.41) is 6.74. The minimum Gasteiger partial charge on any atom is -0.336 e. The number of rotatable bonds is 3. The largest absolute Gasteiger partial charge is 0.336 e. The molecule has 4 rings (SSSR count). The molecule has 0 saturated carbocycles. The van der Waals surface area contributed by atoms with Crippen LogP contribution in [0.1, 0.15) is 10.5 Å². The third kappa shape index (κ3) is 2.99. The normalized spacial score (nSPS) is 14.8. The molecule has 1 saturated heterocycles. The standard InChI is InChI=1S/C18H17N3OS2/c22-18(20-8-11-23-12-9-20)16-13-15(17-7-4-10-24-17)19-21(16)14-5-2-1-3-6-14/h1-7,10,13H,8-9,11-12H2. The van der Waals surface area contributed by atoms with Crippen LogP contribution in [0.25, 0.3) is 16.3 Å². The molecule has 1 aliphatic heterocycles. The van der Waals surface area contributed by atoms with E-state index >= 15 is 0 Å². The van der Waals surface area contributed by atoms with Gasteiger partial charge in [-0.15, -0.1) is 11.3 Å². The summed E-state index contributed by atoms with van der Waals surface area (Å²) in [6.07, 6.45) is 0. The van der Waals surface area contributed by atoms with Crippen LogP contribution in [-0.4, -0.2) is 45.2 Å². The van der Waals surface area contributed by atoms with Crippen molar-refractivity contribution in [1.82, 2.24) is 14.7 Å². The van der Waals surface area contributed by atoms with E-state index < -0.39 is 0 Å². The average molecular weight is 355 g/mol. The predicted octanol–water partition coefficient (Wildman–Crippen LogP) is 3.79. The summed E-state index contributed by atoms with van der Waals surface area (Å²) < 4.78 is 1.78. The van der Waals surface area contributed by atoms with Gasteiger partial charge in [-0.05, 0) is 29.6 Å². The van der Waals surface area contributed by atoms with Gasteiger partial charge in [-0.25, -0.2) is 4.68 Å². The summed E-state index contributed by atoms with van der Waals surface area (Å²) >= 11 is 3.54. The van der Waals surface area contributed by atoms with Gasteiger partial charge >= 0.3 is 0 Å². The monoisotopic (exact) mass is 355 g/mol. The summed E-state index contributed by atoms with van der Waals surface area (Å²) in [5.41, 5.74) is 2.40. The average Bonchev–Trinajstić information content (AvgIpc) is 3.32. The molecule has 1 fully saturated rings. The summed E-state index contributed by atoms with van der Waals surface area (Å²) in [7, 11) is 0. The molecule has 0 atom stereocenters. The third-order valence-corrected chi connectivity index (χ3v) is 5.84. The Morgan fingerprint density at radius 3 is 2.54 bits per heavy atom. The second-order valence-electron chi connectivity index (χ2n) is 5.54. The number of benzene rings is 1. The lowest BCUT2D eigenvalue weighted by molar-refractivity contribution is 0.0763. The molecule has 2 aromatic heterocycles. The molecule has 24 heavy (non-hydrogen) atoms. The second-order valence-corrected chi connectivity index (χ2v) is 7.72. The summed E-state index contributed by atoms with van der Waals surface area (Å²) in [6, 6.07) is 15.8. The van der Waals surface area contributed by atoms with Crippen LogP contribution in [0.3, 0.4) is 0 Å². The lowest BCUT2D eigenvalue weighted by Gasteiger charge is -2.26. The number of carbonyl (C=O) groups excluding carboxylic acids is 1. The maximum atomic E-state index is 13.0. The highest BCUT2D eigenvalue weighted by Gasteiger charge is 2.24. The summed E-state index contributed by atoms with van der Waals surface area (Å²) in [5.74, 6) is 2.07. The Morgan fingerprint density at radius 1 is 1.04 bits per heavy atom. The Labute approximate surface area is 149 Å². The first-order valence-corrected chi connectivity index (χ1v) is 9.93. The Morgan fingerprint density at radius 2 is 1.83 bits per heavy atom. The van der Waals surface area contributed by atoms with Crippen molar-refractivity contribution in [3.63, 3.8) is 0 Å². The number of thiophene rings is 1. The van der Waals surface area contributed by atoms with E-state index in [0.717, 1.165) is 40.9 Å². The molecule has 0 spiro atoms. The number of aromatic nitrogens is 2. The first-order chi connectivity index (χ1) is 11.8. The molecule has 0 radical (unpaired) electrons. The van der Waals surface area contributed by atoms with Crippen LogP contribution < -0.4 is 0 Å². The molecule has 0 N–H and O–H groups in total. The lowest BCUT2D eigenvalue weighted by atomic mass is 10.2. The van der Waals surface area contributed by atoms with Crippen molar-refractivity contribution in [1.29, 1.82) is 0 Å². The number of amides is 1. The number of hydrogen-bond donors (Lipinski definition) is 0. The van der Waals surface area contributed by atoms with Crippen LogP contribution in [0.2, 0.25) is 0 Å². The SMILES string of the molecule is O=C(c1cc(-c2cccs2)nn1-c1ccccc1)N1CCSCC1. The Kier molecular flexibility index (Phi) is 4.40. The predicted molar refractivity (Wildman–Crippen MR) is 100 cm³/mol. The number of nitrogens with zero attached hydrogens (tertiary/aromatic N) is 3.